The third kappa shape index (κ3) is 10.8. The van der Waals surface area contributed by atoms with Gasteiger partial charge >= 0.3 is 12.2 Å². The van der Waals surface area contributed by atoms with Crippen LogP contribution in [0, 0.1) is 17.8 Å². The normalized spacial score (nSPS) is 23.1. The summed E-state index contributed by atoms with van der Waals surface area (Å²) in [5, 5.41) is 15.9. The van der Waals surface area contributed by atoms with Gasteiger partial charge < -0.3 is 46.3 Å². The van der Waals surface area contributed by atoms with Crippen LogP contribution >= 0.6 is 0 Å². The number of nitrogens with zero attached hydrogens (tertiary/aromatic N) is 1. The van der Waals surface area contributed by atoms with Crippen LogP contribution in [0.1, 0.15) is 97.8 Å². The molecule has 4 rings (SSSR count). The van der Waals surface area contributed by atoms with Crippen molar-refractivity contribution in [2.24, 2.45) is 17.8 Å². The van der Waals surface area contributed by atoms with Crippen molar-refractivity contribution in [1.29, 1.82) is 0 Å². The van der Waals surface area contributed by atoms with E-state index in [0.717, 1.165) is 52.7 Å². The summed E-state index contributed by atoms with van der Waals surface area (Å²) in [5.74, 6) is -4.52. The molecular formula is C36H57N7O10. The van der Waals surface area contributed by atoms with Crippen molar-refractivity contribution in [2.45, 2.75) is 140 Å². The van der Waals surface area contributed by atoms with Gasteiger partial charge in [0.15, 0.2) is 0 Å². The number of likely N-dealkylation sites (tertiary alicyclic amines) is 1. The Morgan fingerprint density at radius 2 is 1.43 bits per heavy atom. The zero-order valence-electron chi connectivity index (χ0n) is 31.5. The van der Waals surface area contributed by atoms with Gasteiger partial charge in [-0.3, -0.25) is 28.8 Å². The van der Waals surface area contributed by atoms with E-state index in [1.54, 1.807) is 18.7 Å². The number of methoxy groups -OCH3 is 2. The summed E-state index contributed by atoms with van der Waals surface area (Å²) in [7, 11) is 2.27. The number of ether oxygens (including phenoxy) is 2. The molecule has 0 aromatic rings. The molecule has 3 saturated carbocycles. The van der Waals surface area contributed by atoms with Crippen LogP contribution in [0.15, 0.2) is 0 Å². The molecule has 7 atom stereocenters. The Morgan fingerprint density at radius 1 is 0.755 bits per heavy atom. The maximum atomic E-state index is 14.5. The van der Waals surface area contributed by atoms with Crippen molar-refractivity contribution < 1.29 is 47.8 Å². The van der Waals surface area contributed by atoms with E-state index in [-0.39, 0.29) is 36.9 Å². The summed E-state index contributed by atoms with van der Waals surface area (Å²) in [5.41, 5.74) is 0. The lowest BCUT2D eigenvalue weighted by Crippen LogP contribution is -2.63. The third-order valence-electron chi connectivity index (χ3n) is 10.8. The number of fused-ring (bicyclic) bond motifs is 2. The maximum absolute atomic E-state index is 14.5. The van der Waals surface area contributed by atoms with Crippen LogP contribution in [-0.2, 0) is 38.2 Å². The quantitative estimate of drug-likeness (QED) is 0.115. The Balaban J connectivity index is 1.52. The molecule has 3 aliphatic carbocycles. The number of hydrogen-bond donors (Lipinski definition) is 6. The van der Waals surface area contributed by atoms with E-state index < -0.39 is 83.6 Å². The van der Waals surface area contributed by atoms with Crippen LogP contribution in [-0.4, -0.2) is 115 Å². The van der Waals surface area contributed by atoms with Crippen molar-refractivity contribution in [3.63, 3.8) is 0 Å². The SMILES string of the molecule is CCCC(NC(=O)[C@@H]1[C@H]2CC[C@H](C2)N1C(=O)[C@@H](NC(=O)[C@@H](NC(=O)[C@H](CNC(=O)OC)NC(=O)OC)C1CCCCC1)C(C)C)C(=O)C(=O)NC1CC1. The van der Waals surface area contributed by atoms with Crippen molar-refractivity contribution in [3.8, 4) is 0 Å². The molecule has 4 fully saturated rings. The van der Waals surface area contributed by atoms with Gasteiger partial charge in [-0.1, -0.05) is 46.5 Å². The van der Waals surface area contributed by atoms with Gasteiger partial charge in [0.2, 0.25) is 29.4 Å². The molecule has 0 aromatic heterocycles. The minimum Gasteiger partial charge on any atom is -0.453 e. The van der Waals surface area contributed by atoms with Gasteiger partial charge in [-0.25, -0.2) is 9.59 Å². The Kier molecular flexibility index (Phi) is 14.9. The van der Waals surface area contributed by atoms with Crippen molar-refractivity contribution in [3.05, 3.63) is 0 Å². The van der Waals surface area contributed by atoms with Crippen LogP contribution in [0.3, 0.4) is 0 Å². The van der Waals surface area contributed by atoms with Gasteiger partial charge in [0.05, 0.1) is 26.8 Å². The molecule has 17 heteroatoms. The van der Waals surface area contributed by atoms with E-state index in [0.29, 0.717) is 32.1 Å². The molecule has 0 radical (unpaired) electrons. The molecule has 1 saturated heterocycles. The number of rotatable bonds is 17. The molecule has 1 heterocycles. The second-order valence-electron chi connectivity index (χ2n) is 15.1. The van der Waals surface area contributed by atoms with Gasteiger partial charge in [0.1, 0.15) is 24.2 Å². The predicted octanol–water partition coefficient (Wildman–Crippen LogP) is 0.785. The van der Waals surface area contributed by atoms with Crippen molar-refractivity contribution >= 4 is 47.5 Å². The standard InChI is InChI=1S/C36H57N7O10/c1-6-10-24(29(44)33(48)38-22-14-15-22)39-32(47)28-21-13-16-23(17-21)43(28)34(49)26(19(2)3)41-31(46)27(20-11-8-7-9-12-20)42-30(45)25(40-36(51)53-5)18-37-35(50)52-4/h19-28H,6-18H2,1-5H3,(H,37,50)(H,38,48)(H,39,47)(H,40,51)(H,41,46)(H,42,45)/t21-,23+,24?,25-,26-,27-,28-/m0/s1. The molecule has 0 aromatic carbocycles. The second-order valence-corrected chi connectivity index (χ2v) is 15.1. The average molecular weight is 748 g/mol. The molecule has 1 unspecified atom stereocenters. The lowest BCUT2D eigenvalue weighted by Gasteiger charge is -2.39. The molecular weight excluding hydrogens is 690 g/mol. The topological polar surface area (TPSA) is 230 Å². The van der Waals surface area contributed by atoms with E-state index in [2.05, 4.69) is 41.4 Å². The van der Waals surface area contributed by atoms with Crippen molar-refractivity contribution in [2.75, 3.05) is 20.8 Å². The zero-order chi connectivity index (χ0) is 38.8. The molecule has 7 amide bonds. The number of alkyl carbamates (subject to hydrolysis) is 2. The number of Topliss-reactive ketones (excluding diaryl/α,β-unsaturated/α-hetero) is 1. The molecule has 1 aliphatic heterocycles. The molecule has 4 aliphatic rings. The first-order chi connectivity index (χ1) is 25.3. The molecule has 0 spiro atoms. The first-order valence-corrected chi connectivity index (χ1v) is 19.0. The number of amides is 7. The number of hydrogen-bond acceptors (Lipinski definition) is 10. The van der Waals surface area contributed by atoms with Crippen molar-refractivity contribution in [1.82, 2.24) is 36.8 Å². The van der Waals surface area contributed by atoms with Gasteiger partial charge in [-0.2, -0.15) is 0 Å². The van der Waals surface area contributed by atoms with E-state index >= 15 is 0 Å². The van der Waals surface area contributed by atoms with E-state index in [4.69, 9.17) is 0 Å². The van der Waals surface area contributed by atoms with Gasteiger partial charge in [-0.15, -0.1) is 0 Å². The number of piperidine rings is 1. The first-order valence-electron chi connectivity index (χ1n) is 19.0. The lowest BCUT2D eigenvalue weighted by molar-refractivity contribution is -0.148. The Morgan fingerprint density at radius 3 is 2.04 bits per heavy atom. The second kappa shape index (κ2) is 19.1. The van der Waals surface area contributed by atoms with Crippen LogP contribution < -0.4 is 31.9 Å². The molecule has 296 valence electrons. The minimum atomic E-state index is -1.31. The summed E-state index contributed by atoms with van der Waals surface area (Å²) < 4.78 is 9.23. The lowest BCUT2D eigenvalue weighted by atomic mass is 9.83. The summed E-state index contributed by atoms with van der Waals surface area (Å²) in [6.07, 6.45) is 6.63. The van der Waals surface area contributed by atoms with Gasteiger partial charge in [0.25, 0.3) is 5.91 Å². The number of carbonyl (C=O) groups excluding carboxylic acids is 8. The Hall–Kier alpha value is -4.44. The highest BCUT2D eigenvalue weighted by molar-refractivity contribution is 6.38. The fourth-order valence-electron chi connectivity index (χ4n) is 7.80. The number of ketones is 1. The first kappa shape index (κ1) is 41.3. The largest absolute Gasteiger partial charge is 0.453 e. The number of nitrogens with one attached hydrogen (secondary N) is 6. The maximum Gasteiger partial charge on any atom is 0.407 e. The summed E-state index contributed by atoms with van der Waals surface area (Å²) in [4.78, 5) is 107. The van der Waals surface area contributed by atoms with Crippen LogP contribution in [0.5, 0.6) is 0 Å². The predicted molar refractivity (Wildman–Crippen MR) is 190 cm³/mol. The molecule has 6 N–H and O–H groups in total. The van der Waals surface area contributed by atoms with E-state index in [1.807, 2.05) is 6.92 Å². The summed E-state index contributed by atoms with van der Waals surface area (Å²) in [6.45, 7) is 5.07. The number of carbonyl (C=O) groups is 8. The third-order valence-corrected chi connectivity index (χ3v) is 10.8. The fourth-order valence-corrected chi connectivity index (χ4v) is 7.80. The fraction of sp³-hybridized carbons (Fsp3) is 0.778. The van der Waals surface area contributed by atoms with Crippen LogP contribution in [0.25, 0.3) is 0 Å². The summed E-state index contributed by atoms with van der Waals surface area (Å²) in [6, 6.07) is -5.59. The summed E-state index contributed by atoms with van der Waals surface area (Å²) >= 11 is 0. The molecule has 2 bridgehead atoms. The highest BCUT2D eigenvalue weighted by Crippen LogP contribution is 2.43. The Bertz CT molecular complexity index is 1380. The van der Waals surface area contributed by atoms with E-state index in [9.17, 15) is 38.4 Å². The average Bonchev–Trinajstić information content (AvgIpc) is 3.72. The molecule has 53 heavy (non-hydrogen) atoms. The van der Waals surface area contributed by atoms with Gasteiger partial charge in [-0.05, 0) is 69.1 Å². The highest BCUT2D eigenvalue weighted by atomic mass is 16.5. The minimum absolute atomic E-state index is 0.0150. The van der Waals surface area contributed by atoms with Gasteiger partial charge in [0, 0.05) is 12.1 Å². The smallest absolute Gasteiger partial charge is 0.407 e. The monoisotopic (exact) mass is 747 g/mol. The molecule has 17 nitrogen and oxygen atoms in total. The van der Waals surface area contributed by atoms with E-state index in [1.165, 1.54) is 0 Å². The Labute approximate surface area is 310 Å². The highest BCUT2D eigenvalue weighted by Gasteiger charge is 2.53. The zero-order valence-corrected chi connectivity index (χ0v) is 31.5. The van der Waals surface area contributed by atoms with Crippen LogP contribution in [0.4, 0.5) is 9.59 Å². The van der Waals surface area contributed by atoms with Crippen LogP contribution in [0.2, 0.25) is 0 Å².